The predicted molar refractivity (Wildman–Crippen MR) is 88.0 cm³/mol. The number of nitrogens with zero attached hydrogens (tertiary/aromatic N) is 1. The second kappa shape index (κ2) is 6.79. The van der Waals surface area contributed by atoms with Crippen LogP contribution in [0.3, 0.4) is 0 Å². The lowest BCUT2D eigenvalue weighted by atomic mass is 9.67. The molecule has 0 aromatic rings. The standard InChI is InChI=1S/C18H36N2/c1-6-19-17-16(8-7-9-18(17,4)5)13-20-11-14(2)10-15(3)12-20/h14-17,19H,6-13H2,1-5H3. The molecule has 0 aromatic heterocycles. The van der Waals surface area contributed by atoms with Crippen LogP contribution in [0.5, 0.6) is 0 Å². The van der Waals surface area contributed by atoms with Crippen molar-refractivity contribution in [2.75, 3.05) is 26.2 Å². The molecule has 2 aliphatic rings. The van der Waals surface area contributed by atoms with Crippen molar-refractivity contribution >= 4 is 0 Å². The van der Waals surface area contributed by atoms with Crippen LogP contribution in [0.4, 0.5) is 0 Å². The summed E-state index contributed by atoms with van der Waals surface area (Å²) in [6, 6.07) is 0.703. The van der Waals surface area contributed by atoms with E-state index in [0.717, 1.165) is 24.3 Å². The fourth-order valence-corrected chi connectivity index (χ4v) is 4.91. The topological polar surface area (TPSA) is 15.3 Å². The smallest absolute Gasteiger partial charge is 0.0159 e. The first-order valence-electron chi connectivity index (χ1n) is 8.88. The number of nitrogens with one attached hydrogen (secondary N) is 1. The zero-order valence-corrected chi connectivity index (χ0v) is 14.4. The number of hydrogen-bond donors (Lipinski definition) is 1. The normalized spacial score (nSPS) is 38.9. The lowest BCUT2D eigenvalue weighted by Gasteiger charge is -2.47. The Morgan fingerprint density at radius 1 is 1.15 bits per heavy atom. The average molecular weight is 280 g/mol. The Bertz CT molecular complexity index is 290. The van der Waals surface area contributed by atoms with E-state index in [1.165, 1.54) is 45.3 Å². The van der Waals surface area contributed by atoms with Gasteiger partial charge in [0.05, 0.1) is 0 Å². The lowest BCUT2D eigenvalue weighted by molar-refractivity contribution is 0.0554. The van der Waals surface area contributed by atoms with Crippen molar-refractivity contribution in [3.05, 3.63) is 0 Å². The van der Waals surface area contributed by atoms with E-state index < -0.39 is 0 Å². The number of rotatable bonds is 4. The maximum Gasteiger partial charge on any atom is 0.0159 e. The molecule has 0 amide bonds. The Hall–Kier alpha value is -0.0800. The maximum atomic E-state index is 3.81. The first-order chi connectivity index (χ1) is 9.42. The van der Waals surface area contributed by atoms with Gasteiger partial charge in [0.25, 0.3) is 0 Å². The van der Waals surface area contributed by atoms with Crippen LogP contribution < -0.4 is 5.32 Å². The van der Waals surface area contributed by atoms with Gasteiger partial charge in [-0.15, -0.1) is 0 Å². The molecule has 118 valence electrons. The molecule has 4 atom stereocenters. The Kier molecular flexibility index (Phi) is 5.53. The summed E-state index contributed by atoms with van der Waals surface area (Å²) >= 11 is 0. The predicted octanol–water partition coefficient (Wildman–Crippen LogP) is 3.77. The van der Waals surface area contributed by atoms with Gasteiger partial charge in [-0.05, 0) is 49.0 Å². The van der Waals surface area contributed by atoms with Gasteiger partial charge in [0.2, 0.25) is 0 Å². The molecule has 2 nitrogen and oxygen atoms in total. The van der Waals surface area contributed by atoms with Gasteiger partial charge in [0.15, 0.2) is 0 Å². The van der Waals surface area contributed by atoms with Gasteiger partial charge >= 0.3 is 0 Å². The summed E-state index contributed by atoms with van der Waals surface area (Å²) < 4.78 is 0. The van der Waals surface area contributed by atoms with Crippen LogP contribution in [0.2, 0.25) is 0 Å². The molecule has 0 bridgehead atoms. The van der Waals surface area contributed by atoms with Gasteiger partial charge in [-0.2, -0.15) is 0 Å². The number of likely N-dealkylation sites (tertiary alicyclic amines) is 1. The number of hydrogen-bond acceptors (Lipinski definition) is 2. The van der Waals surface area contributed by atoms with E-state index in [0.29, 0.717) is 11.5 Å². The van der Waals surface area contributed by atoms with Crippen LogP contribution in [0.1, 0.15) is 60.3 Å². The molecule has 2 fully saturated rings. The number of piperidine rings is 1. The zero-order valence-electron chi connectivity index (χ0n) is 14.4. The highest BCUT2D eigenvalue weighted by atomic mass is 15.1. The Labute approximate surface area is 126 Å². The maximum absolute atomic E-state index is 3.81. The summed E-state index contributed by atoms with van der Waals surface area (Å²) in [7, 11) is 0. The summed E-state index contributed by atoms with van der Waals surface area (Å²) in [5, 5.41) is 3.81. The van der Waals surface area contributed by atoms with Crippen LogP contribution in [0.15, 0.2) is 0 Å². The van der Waals surface area contributed by atoms with Crippen molar-refractivity contribution < 1.29 is 0 Å². The molecule has 1 saturated heterocycles. The summed E-state index contributed by atoms with van der Waals surface area (Å²) in [6.07, 6.45) is 5.64. The van der Waals surface area contributed by atoms with Gasteiger partial charge in [-0.1, -0.05) is 41.0 Å². The molecule has 0 radical (unpaired) electrons. The molecule has 1 saturated carbocycles. The van der Waals surface area contributed by atoms with Crippen LogP contribution in [-0.2, 0) is 0 Å². The fraction of sp³-hybridized carbons (Fsp3) is 1.00. The second-order valence-electron chi connectivity index (χ2n) is 8.34. The summed E-state index contributed by atoms with van der Waals surface area (Å²) in [5.41, 5.74) is 0.464. The van der Waals surface area contributed by atoms with Crippen molar-refractivity contribution in [1.29, 1.82) is 0 Å². The first kappa shape index (κ1) is 16.3. The zero-order chi connectivity index (χ0) is 14.8. The van der Waals surface area contributed by atoms with Crippen LogP contribution in [-0.4, -0.2) is 37.1 Å². The highest BCUT2D eigenvalue weighted by Crippen LogP contribution is 2.39. The molecule has 1 aliphatic heterocycles. The van der Waals surface area contributed by atoms with Crippen LogP contribution in [0, 0.1) is 23.2 Å². The molecule has 0 spiro atoms. The van der Waals surface area contributed by atoms with Gasteiger partial charge in [0.1, 0.15) is 0 Å². The molecule has 2 rings (SSSR count). The molecule has 1 aliphatic carbocycles. The van der Waals surface area contributed by atoms with E-state index in [4.69, 9.17) is 0 Å². The Morgan fingerprint density at radius 3 is 2.40 bits per heavy atom. The van der Waals surface area contributed by atoms with Gasteiger partial charge in [0, 0.05) is 25.7 Å². The van der Waals surface area contributed by atoms with Crippen molar-refractivity contribution in [2.45, 2.75) is 66.3 Å². The molecule has 4 unspecified atom stereocenters. The van der Waals surface area contributed by atoms with Gasteiger partial charge in [-0.25, -0.2) is 0 Å². The monoisotopic (exact) mass is 280 g/mol. The molecular formula is C18H36N2. The van der Waals surface area contributed by atoms with Gasteiger partial charge in [-0.3, -0.25) is 0 Å². The molecule has 20 heavy (non-hydrogen) atoms. The molecule has 2 heteroatoms. The van der Waals surface area contributed by atoms with Crippen LogP contribution >= 0.6 is 0 Å². The molecule has 1 N–H and O–H groups in total. The van der Waals surface area contributed by atoms with E-state index >= 15 is 0 Å². The highest BCUT2D eigenvalue weighted by Gasteiger charge is 2.39. The third-order valence-electron chi connectivity index (χ3n) is 5.57. The van der Waals surface area contributed by atoms with Crippen molar-refractivity contribution in [2.24, 2.45) is 23.2 Å². The van der Waals surface area contributed by atoms with E-state index in [1.807, 2.05) is 0 Å². The summed E-state index contributed by atoms with van der Waals surface area (Å²) in [6.45, 7) is 17.1. The third-order valence-corrected chi connectivity index (χ3v) is 5.57. The van der Waals surface area contributed by atoms with E-state index in [2.05, 4.69) is 44.8 Å². The minimum absolute atomic E-state index is 0.464. The Morgan fingerprint density at radius 2 is 1.80 bits per heavy atom. The fourth-order valence-electron chi connectivity index (χ4n) is 4.91. The first-order valence-corrected chi connectivity index (χ1v) is 8.88. The minimum Gasteiger partial charge on any atom is -0.313 e. The van der Waals surface area contributed by atoms with E-state index in [-0.39, 0.29) is 0 Å². The quantitative estimate of drug-likeness (QED) is 0.843. The lowest BCUT2D eigenvalue weighted by Crippen LogP contribution is -2.54. The van der Waals surface area contributed by atoms with Crippen molar-refractivity contribution in [3.8, 4) is 0 Å². The highest BCUT2D eigenvalue weighted by molar-refractivity contribution is 4.94. The van der Waals surface area contributed by atoms with E-state index in [9.17, 15) is 0 Å². The summed E-state index contributed by atoms with van der Waals surface area (Å²) in [4.78, 5) is 2.76. The van der Waals surface area contributed by atoms with E-state index in [1.54, 1.807) is 0 Å². The van der Waals surface area contributed by atoms with Crippen molar-refractivity contribution in [1.82, 2.24) is 10.2 Å². The molecular weight excluding hydrogens is 244 g/mol. The largest absolute Gasteiger partial charge is 0.313 e. The van der Waals surface area contributed by atoms with Crippen molar-refractivity contribution in [3.63, 3.8) is 0 Å². The average Bonchev–Trinajstić information content (AvgIpc) is 2.32. The molecule has 0 aromatic carbocycles. The van der Waals surface area contributed by atoms with Crippen LogP contribution in [0.25, 0.3) is 0 Å². The molecule has 1 heterocycles. The second-order valence-corrected chi connectivity index (χ2v) is 8.34. The SMILES string of the molecule is CCNC1C(CN2CC(C)CC(C)C2)CCCC1(C)C. The third kappa shape index (κ3) is 3.98. The van der Waals surface area contributed by atoms with Gasteiger partial charge < -0.3 is 10.2 Å². The Balaban J connectivity index is 1.98. The summed E-state index contributed by atoms with van der Waals surface area (Å²) in [5.74, 6) is 2.61. The minimum atomic E-state index is 0.464.